The number of nitrogens with one attached hydrogen (secondary N) is 3. The molecule has 3 aromatic carbocycles. The van der Waals surface area contributed by atoms with Crippen LogP contribution in [-0.2, 0) is 13.2 Å². The van der Waals surface area contributed by atoms with E-state index < -0.39 is 0 Å². The minimum absolute atomic E-state index is 0.219. The Kier molecular flexibility index (Phi) is 6.01. The molecule has 0 aliphatic heterocycles. The average molecular weight is 489 g/mol. The maximum Gasteiger partial charge on any atom is 0.323 e. The van der Waals surface area contributed by atoms with Gasteiger partial charge in [0, 0.05) is 21.7 Å². The molecular formula is C22H19BrClN3O3. The first-order valence-corrected chi connectivity index (χ1v) is 10.4. The van der Waals surface area contributed by atoms with Crippen LogP contribution in [0.3, 0.4) is 0 Å². The van der Waals surface area contributed by atoms with E-state index in [0.717, 1.165) is 32.3 Å². The smallest absolute Gasteiger partial charge is 0.323 e. The number of halogens is 2. The number of rotatable bonds is 7. The summed E-state index contributed by atoms with van der Waals surface area (Å²) in [5.74, 6) is 1.28. The Morgan fingerprint density at radius 1 is 1.03 bits per heavy atom. The lowest BCUT2D eigenvalue weighted by molar-refractivity contribution is 0.284. The van der Waals surface area contributed by atoms with Gasteiger partial charge in [0.2, 0.25) is 0 Å². The number of H-pyrrole nitrogens is 2. The van der Waals surface area contributed by atoms with Crippen molar-refractivity contribution >= 4 is 44.3 Å². The zero-order valence-electron chi connectivity index (χ0n) is 16.1. The quantitative estimate of drug-likeness (QED) is 0.322. The fourth-order valence-corrected chi connectivity index (χ4v) is 3.79. The second-order valence-electron chi connectivity index (χ2n) is 6.71. The van der Waals surface area contributed by atoms with E-state index in [0.29, 0.717) is 29.7 Å². The number of hydrogen-bond donors (Lipinski definition) is 3. The summed E-state index contributed by atoms with van der Waals surface area (Å²) >= 11 is 9.65. The molecule has 0 aliphatic rings. The summed E-state index contributed by atoms with van der Waals surface area (Å²) in [7, 11) is 1.61. The molecule has 6 nitrogen and oxygen atoms in total. The van der Waals surface area contributed by atoms with Crippen LogP contribution >= 0.6 is 27.5 Å². The van der Waals surface area contributed by atoms with Crippen LogP contribution in [0.25, 0.3) is 11.0 Å². The number of hydrogen-bond acceptors (Lipinski definition) is 4. The molecule has 4 aromatic rings. The highest BCUT2D eigenvalue weighted by atomic mass is 79.9. The number of anilines is 1. The standard InChI is InChI=1S/C22H19BrClN3O3/c1-29-20-8-14(11-25-16-5-6-18-19(9-16)27-22(28)26-18)17(23)10-21(20)30-12-13-3-2-4-15(24)7-13/h2-10,25H,11-12H2,1H3,(H2,26,27,28). The molecule has 0 amide bonds. The number of aromatic amines is 2. The molecular weight excluding hydrogens is 470 g/mol. The van der Waals surface area contributed by atoms with E-state index in [4.69, 9.17) is 21.1 Å². The van der Waals surface area contributed by atoms with Crippen LogP contribution in [0.4, 0.5) is 5.69 Å². The Morgan fingerprint density at radius 3 is 2.67 bits per heavy atom. The second kappa shape index (κ2) is 8.85. The van der Waals surface area contributed by atoms with Gasteiger partial charge < -0.3 is 24.8 Å². The Morgan fingerprint density at radius 2 is 1.87 bits per heavy atom. The summed E-state index contributed by atoms with van der Waals surface area (Å²) in [6.07, 6.45) is 0. The van der Waals surface area contributed by atoms with Crippen LogP contribution in [0.5, 0.6) is 11.5 Å². The lowest BCUT2D eigenvalue weighted by atomic mass is 10.2. The molecule has 0 aliphatic carbocycles. The van der Waals surface area contributed by atoms with Crippen molar-refractivity contribution in [3.63, 3.8) is 0 Å². The molecule has 0 atom stereocenters. The van der Waals surface area contributed by atoms with E-state index in [1.807, 2.05) is 54.6 Å². The van der Waals surface area contributed by atoms with Gasteiger partial charge in [0.15, 0.2) is 11.5 Å². The first-order valence-electron chi connectivity index (χ1n) is 9.21. The summed E-state index contributed by atoms with van der Waals surface area (Å²) in [6, 6.07) is 17.0. The predicted molar refractivity (Wildman–Crippen MR) is 123 cm³/mol. The summed E-state index contributed by atoms with van der Waals surface area (Å²) in [4.78, 5) is 16.9. The molecule has 8 heteroatoms. The van der Waals surface area contributed by atoms with E-state index in [1.165, 1.54) is 0 Å². The Bertz CT molecular complexity index is 1250. The Hall–Kier alpha value is -2.90. The zero-order valence-corrected chi connectivity index (χ0v) is 18.4. The minimum atomic E-state index is -0.219. The molecule has 0 bridgehead atoms. The van der Waals surface area contributed by atoms with Gasteiger partial charge in [0.25, 0.3) is 0 Å². The summed E-state index contributed by atoms with van der Waals surface area (Å²) < 4.78 is 12.4. The van der Waals surface area contributed by atoms with E-state index in [9.17, 15) is 4.79 Å². The monoisotopic (exact) mass is 487 g/mol. The molecule has 0 unspecified atom stereocenters. The highest BCUT2D eigenvalue weighted by Crippen LogP contribution is 2.34. The molecule has 3 N–H and O–H groups in total. The van der Waals surface area contributed by atoms with E-state index in [-0.39, 0.29) is 5.69 Å². The Labute approximate surface area is 186 Å². The van der Waals surface area contributed by atoms with Crippen LogP contribution in [0.15, 0.2) is 63.9 Å². The fourth-order valence-electron chi connectivity index (χ4n) is 3.11. The second-order valence-corrected chi connectivity index (χ2v) is 8.00. The number of fused-ring (bicyclic) bond motifs is 1. The summed E-state index contributed by atoms with van der Waals surface area (Å²) in [6.45, 7) is 0.946. The van der Waals surface area contributed by atoms with Gasteiger partial charge in [-0.1, -0.05) is 39.7 Å². The molecule has 1 aromatic heterocycles. The number of aromatic nitrogens is 2. The van der Waals surface area contributed by atoms with Gasteiger partial charge in [-0.25, -0.2) is 4.79 Å². The van der Waals surface area contributed by atoms with Crippen molar-refractivity contribution in [3.05, 3.63) is 85.7 Å². The SMILES string of the molecule is COc1cc(CNc2ccc3[nH]c(=O)[nH]c3c2)c(Br)cc1OCc1cccc(Cl)c1. The van der Waals surface area contributed by atoms with Gasteiger partial charge in [-0.15, -0.1) is 0 Å². The van der Waals surface area contributed by atoms with Crippen molar-refractivity contribution in [3.8, 4) is 11.5 Å². The fraction of sp³-hybridized carbons (Fsp3) is 0.136. The molecule has 154 valence electrons. The van der Waals surface area contributed by atoms with Crippen molar-refractivity contribution in [2.75, 3.05) is 12.4 Å². The van der Waals surface area contributed by atoms with Gasteiger partial charge in [0.1, 0.15) is 6.61 Å². The largest absolute Gasteiger partial charge is 0.493 e. The van der Waals surface area contributed by atoms with Crippen molar-refractivity contribution in [1.82, 2.24) is 9.97 Å². The molecule has 1 heterocycles. The third-order valence-electron chi connectivity index (χ3n) is 4.61. The van der Waals surface area contributed by atoms with Crippen LogP contribution in [0, 0.1) is 0 Å². The van der Waals surface area contributed by atoms with Crippen LogP contribution in [0.2, 0.25) is 5.02 Å². The van der Waals surface area contributed by atoms with E-state index in [2.05, 4.69) is 31.2 Å². The van der Waals surface area contributed by atoms with Crippen molar-refractivity contribution in [2.45, 2.75) is 13.2 Å². The number of benzene rings is 3. The lowest BCUT2D eigenvalue weighted by Crippen LogP contribution is -2.03. The zero-order chi connectivity index (χ0) is 21.1. The van der Waals surface area contributed by atoms with Gasteiger partial charge in [0.05, 0.1) is 18.1 Å². The maximum absolute atomic E-state index is 11.4. The van der Waals surface area contributed by atoms with Crippen molar-refractivity contribution < 1.29 is 9.47 Å². The first kappa shape index (κ1) is 20.4. The van der Waals surface area contributed by atoms with Gasteiger partial charge in [-0.2, -0.15) is 0 Å². The van der Waals surface area contributed by atoms with E-state index >= 15 is 0 Å². The summed E-state index contributed by atoms with van der Waals surface area (Å²) in [5.41, 5.74) is 4.18. The van der Waals surface area contributed by atoms with Crippen LogP contribution in [-0.4, -0.2) is 17.1 Å². The van der Waals surface area contributed by atoms with Gasteiger partial charge in [-0.05, 0) is 53.6 Å². The minimum Gasteiger partial charge on any atom is -0.493 e. The lowest BCUT2D eigenvalue weighted by Gasteiger charge is -2.15. The molecule has 0 saturated carbocycles. The number of ether oxygens (including phenoxy) is 2. The van der Waals surface area contributed by atoms with Crippen molar-refractivity contribution in [1.29, 1.82) is 0 Å². The summed E-state index contributed by atoms with van der Waals surface area (Å²) in [5, 5.41) is 4.03. The Balaban J connectivity index is 1.48. The van der Waals surface area contributed by atoms with Crippen LogP contribution in [0.1, 0.15) is 11.1 Å². The molecule has 0 radical (unpaired) electrons. The van der Waals surface area contributed by atoms with Gasteiger partial charge >= 0.3 is 5.69 Å². The molecule has 0 saturated heterocycles. The molecule has 0 fully saturated rings. The van der Waals surface area contributed by atoms with Crippen LogP contribution < -0.4 is 20.5 Å². The van der Waals surface area contributed by atoms with E-state index in [1.54, 1.807) is 7.11 Å². The van der Waals surface area contributed by atoms with Gasteiger partial charge in [-0.3, -0.25) is 0 Å². The third-order valence-corrected chi connectivity index (χ3v) is 5.59. The highest BCUT2D eigenvalue weighted by molar-refractivity contribution is 9.10. The molecule has 0 spiro atoms. The predicted octanol–water partition coefficient (Wildman–Crippen LogP) is 5.47. The average Bonchev–Trinajstić information content (AvgIpc) is 3.10. The normalized spacial score (nSPS) is 10.9. The topological polar surface area (TPSA) is 79.1 Å². The third kappa shape index (κ3) is 4.63. The van der Waals surface area contributed by atoms with Crippen molar-refractivity contribution in [2.24, 2.45) is 0 Å². The highest BCUT2D eigenvalue weighted by Gasteiger charge is 2.11. The number of methoxy groups -OCH3 is 1. The molecule has 4 rings (SSSR count). The maximum atomic E-state index is 11.4. The number of imidazole rings is 1. The first-order chi connectivity index (χ1) is 14.5. The molecule has 30 heavy (non-hydrogen) atoms.